The van der Waals surface area contributed by atoms with E-state index in [4.69, 9.17) is 14.2 Å². The van der Waals surface area contributed by atoms with Crippen LogP contribution >= 0.6 is 0 Å². The Hall–Kier alpha value is -2.14. The molecule has 0 N–H and O–H groups in total. The van der Waals surface area contributed by atoms with Crippen molar-refractivity contribution in [2.75, 3.05) is 6.61 Å². The highest BCUT2D eigenvalue weighted by Crippen LogP contribution is 2.33. The van der Waals surface area contributed by atoms with Crippen LogP contribution in [-0.2, 0) is 4.74 Å². The monoisotopic (exact) mass is 344 g/mol. The molecule has 1 unspecified atom stereocenters. The molecule has 136 valence electrons. The van der Waals surface area contributed by atoms with Crippen LogP contribution in [0.3, 0.4) is 0 Å². The minimum Gasteiger partial charge on any atom is -0.447 e. The van der Waals surface area contributed by atoms with E-state index in [1.807, 2.05) is 41.5 Å². The van der Waals surface area contributed by atoms with E-state index in [2.05, 4.69) is 29.0 Å². The molecule has 1 aromatic carbocycles. The van der Waals surface area contributed by atoms with Gasteiger partial charge in [0.2, 0.25) is 18.1 Å². The molecule has 0 aliphatic carbocycles. The molecule has 5 heteroatoms. The first-order chi connectivity index (χ1) is 11.8. The summed E-state index contributed by atoms with van der Waals surface area (Å²) in [5.74, 6) is 2.45. The van der Waals surface area contributed by atoms with Crippen molar-refractivity contribution in [3.63, 3.8) is 0 Å². The fraction of sp³-hybridized carbons (Fsp3) is 0.500. The zero-order chi connectivity index (χ0) is 18.6. The van der Waals surface area contributed by atoms with Gasteiger partial charge in [0.05, 0.1) is 5.56 Å². The second-order valence-corrected chi connectivity index (χ2v) is 6.25. The number of benzene rings is 1. The first kappa shape index (κ1) is 19.2. The largest absolute Gasteiger partial charge is 0.447 e. The number of ether oxygens (including phenoxy) is 3. The lowest BCUT2D eigenvalue weighted by Crippen LogP contribution is -2.21. The van der Waals surface area contributed by atoms with E-state index in [0.717, 1.165) is 28.9 Å². The normalized spacial score (nSPS) is 12.1. The van der Waals surface area contributed by atoms with Gasteiger partial charge in [-0.1, -0.05) is 24.6 Å². The number of aryl methyl sites for hydroxylation is 4. The minimum atomic E-state index is -0.325. The number of aromatic nitrogens is 2. The molecule has 1 heterocycles. The highest BCUT2D eigenvalue weighted by Gasteiger charge is 2.18. The van der Waals surface area contributed by atoms with Crippen LogP contribution in [-0.4, -0.2) is 22.9 Å². The third kappa shape index (κ3) is 4.69. The Kier molecular flexibility index (Phi) is 6.37. The quantitative estimate of drug-likeness (QED) is 0.664. The standard InChI is InChI=1S/C20H28N2O3/c1-8-17(23-9-2)24-19-15(6)20(22-16(7)21-19)25-18-13(4)10-12(3)11-14(18)5/h10-11,17H,8-9H2,1-7H3. The maximum absolute atomic E-state index is 6.15. The van der Waals surface area contributed by atoms with Crippen LogP contribution in [0.4, 0.5) is 0 Å². The predicted molar refractivity (Wildman–Crippen MR) is 98.6 cm³/mol. The Balaban J connectivity index is 2.36. The minimum absolute atomic E-state index is 0.325. The molecule has 5 nitrogen and oxygen atoms in total. The summed E-state index contributed by atoms with van der Waals surface area (Å²) in [4.78, 5) is 8.87. The molecule has 1 aromatic heterocycles. The van der Waals surface area contributed by atoms with Gasteiger partial charge < -0.3 is 14.2 Å². The fourth-order valence-electron chi connectivity index (χ4n) is 2.76. The van der Waals surface area contributed by atoms with Crippen LogP contribution in [0, 0.1) is 34.6 Å². The molecule has 0 spiro atoms. The van der Waals surface area contributed by atoms with E-state index >= 15 is 0 Å². The maximum Gasteiger partial charge on any atom is 0.229 e. The Morgan fingerprint density at radius 1 is 0.920 bits per heavy atom. The molecule has 0 radical (unpaired) electrons. The SMILES string of the molecule is CCOC(CC)Oc1nc(C)nc(Oc2c(C)cc(C)cc2C)c1C. The van der Waals surface area contributed by atoms with Crippen molar-refractivity contribution < 1.29 is 14.2 Å². The van der Waals surface area contributed by atoms with Gasteiger partial charge in [-0.25, -0.2) is 0 Å². The van der Waals surface area contributed by atoms with Crippen molar-refractivity contribution in [3.05, 3.63) is 40.2 Å². The first-order valence-corrected chi connectivity index (χ1v) is 8.74. The third-order valence-electron chi connectivity index (χ3n) is 3.90. The topological polar surface area (TPSA) is 53.5 Å². The van der Waals surface area contributed by atoms with Crippen molar-refractivity contribution in [3.8, 4) is 17.5 Å². The molecular weight excluding hydrogens is 316 g/mol. The molecular formula is C20H28N2O3. The molecule has 0 saturated carbocycles. The summed E-state index contributed by atoms with van der Waals surface area (Å²) in [6.45, 7) is 14.4. The van der Waals surface area contributed by atoms with Gasteiger partial charge in [0, 0.05) is 13.0 Å². The lowest BCUT2D eigenvalue weighted by Gasteiger charge is -2.19. The van der Waals surface area contributed by atoms with Gasteiger partial charge in [-0.15, -0.1) is 0 Å². The number of hydrogen-bond acceptors (Lipinski definition) is 5. The summed E-state index contributed by atoms with van der Waals surface area (Å²) in [5, 5.41) is 0. The molecule has 2 rings (SSSR count). The zero-order valence-corrected chi connectivity index (χ0v) is 16.3. The highest BCUT2D eigenvalue weighted by molar-refractivity contribution is 5.46. The van der Waals surface area contributed by atoms with Crippen molar-refractivity contribution in [2.24, 2.45) is 0 Å². The molecule has 0 amide bonds. The average molecular weight is 344 g/mol. The van der Waals surface area contributed by atoms with Crippen LogP contribution < -0.4 is 9.47 Å². The Morgan fingerprint density at radius 2 is 1.52 bits per heavy atom. The van der Waals surface area contributed by atoms with Gasteiger partial charge in [0.1, 0.15) is 11.6 Å². The molecule has 0 saturated heterocycles. The first-order valence-electron chi connectivity index (χ1n) is 8.74. The van der Waals surface area contributed by atoms with Crippen LogP contribution in [0.25, 0.3) is 0 Å². The maximum atomic E-state index is 6.15. The van der Waals surface area contributed by atoms with Gasteiger partial charge in [-0.3, -0.25) is 0 Å². The van der Waals surface area contributed by atoms with Crippen molar-refractivity contribution in [1.29, 1.82) is 0 Å². The summed E-state index contributed by atoms with van der Waals surface area (Å²) in [7, 11) is 0. The fourth-order valence-corrected chi connectivity index (χ4v) is 2.76. The van der Waals surface area contributed by atoms with Gasteiger partial charge in [0.15, 0.2) is 0 Å². The summed E-state index contributed by atoms with van der Waals surface area (Å²) >= 11 is 0. The highest BCUT2D eigenvalue weighted by atomic mass is 16.7. The van der Waals surface area contributed by atoms with Crippen LogP contribution in [0.1, 0.15) is 48.3 Å². The summed E-state index contributed by atoms with van der Waals surface area (Å²) in [6.07, 6.45) is 0.414. The summed E-state index contributed by atoms with van der Waals surface area (Å²) in [6, 6.07) is 4.21. The molecule has 2 aromatic rings. The number of hydrogen-bond donors (Lipinski definition) is 0. The van der Waals surface area contributed by atoms with Crippen molar-refractivity contribution in [2.45, 2.75) is 61.2 Å². The number of rotatable bonds is 7. The molecule has 1 atom stereocenters. The Bertz CT molecular complexity index is 721. The van der Waals surface area contributed by atoms with E-state index in [1.54, 1.807) is 0 Å². The Morgan fingerprint density at radius 3 is 2.08 bits per heavy atom. The summed E-state index contributed by atoms with van der Waals surface area (Å²) < 4.78 is 17.6. The van der Waals surface area contributed by atoms with Crippen molar-refractivity contribution in [1.82, 2.24) is 9.97 Å². The van der Waals surface area contributed by atoms with Gasteiger partial charge in [-0.05, 0) is 52.7 Å². The van der Waals surface area contributed by atoms with E-state index in [9.17, 15) is 0 Å². The van der Waals surface area contributed by atoms with Crippen LogP contribution in [0.2, 0.25) is 0 Å². The molecule has 25 heavy (non-hydrogen) atoms. The molecule has 0 bridgehead atoms. The van der Waals surface area contributed by atoms with Crippen LogP contribution in [0.15, 0.2) is 12.1 Å². The van der Waals surface area contributed by atoms with Gasteiger partial charge in [-0.2, -0.15) is 9.97 Å². The van der Waals surface area contributed by atoms with E-state index in [0.29, 0.717) is 24.2 Å². The zero-order valence-electron chi connectivity index (χ0n) is 16.3. The molecule has 0 fully saturated rings. The lowest BCUT2D eigenvalue weighted by molar-refractivity contribution is -0.0794. The van der Waals surface area contributed by atoms with Gasteiger partial charge in [0.25, 0.3) is 0 Å². The second kappa shape index (κ2) is 8.30. The smallest absolute Gasteiger partial charge is 0.229 e. The summed E-state index contributed by atoms with van der Waals surface area (Å²) in [5.41, 5.74) is 4.14. The Labute approximate surface area is 150 Å². The van der Waals surface area contributed by atoms with Gasteiger partial charge >= 0.3 is 0 Å². The van der Waals surface area contributed by atoms with E-state index < -0.39 is 0 Å². The lowest BCUT2D eigenvalue weighted by atomic mass is 10.1. The van der Waals surface area contributed by atoms with Crippen LogP contribution in [0.5, 0.6) is 17.5 Å². The third-order valence-corrected chi connectivity index (χ3v) is 3.90. The van der Waals surface area contributed by atoms with Crippen molar-refractivity contribution >= 4 is 0 Å². The molecule has 0 aliphatic rings. The van der Waals surface area contributed by atoms with E-state index in [-0.39, 0.29) is 6.29 Å². The van der Waals surface area contributed by atoms with E-state index in [1.165, 1.54) is 5.56 Å². The average Bonchev–Trinajstić information content (AvgIpc) is 2.54. The molecule has 0 aliphatic heterocycles. The second-order valence-electron chi connectivity index (χ2n) is 6.25. The number of nitrogens with zero attached hydrogens (tertiary/aromatic N) is 2. The predicted octanol–water partition coefficient (Wildman–Crippen LogP) is 4.96.